The van der Waals surface area contributed by atoms with Crippen LogP contribution in [0.5, 0.6) is 5.75 Å². The van der Waals surface area contributed by atoms with Crippen molar-refractivity contribution in [3.8, 4) is 5.75 Å². The van der Waals surface area contributed by atoms with E-state index in [0.717, 1.165) is 19.4 Å². The Morgan fingerprint density at radius 3 is 2.95 bits per heavy atom. The molecule has 1 heterocycles. The Morgan fingerprint density at radius 1 is 1.42 bits per heavy atom. The van der Waals surface area contributed by atoms with Crippen LogP contribution in [0, 0.1) is 0 Å². The van der Waals surface area contributed by atoms with E-state index < -0.39 is 0 Å². The molecular weight excluding hydrogens is 242 g/mol. The van der Waals surface area contributed by atoms with Gasteiger partial charge < -0.3 is 20.7 Å². The van der Waals surface area contributed by atoms with Gasteiger partial charge in [-0.1, -0.05) is 12.1 Å². The number of hydrogen-bond acceptors (Lipinski definition) is 3. The van der Waals surface area contributed by atoms with E-state index in [1.165, 1.54) is 0 Å². The number of methoxy groups -OCH3 is 1. The Kier molecular flexibility index (Phi) is 4.63. The highest BCUT2D eigenvalue weighted by Crippen LogP contribution is 2.22. The van der Waals surface area contributed by atoms with Crippen LogP contribution in [-0.4, -0.2) is 31.8 Å². The fourth-order valence-electron chi connectivity index (χ4n) is 2.35. The smallest absolute Gasteiger partial charge is 0.319 e. The zero-order valence-corrected chi connectivity index (χ0v) is 11.4. The second-order valence-electron chi connectivity index (χ2n) is 4.88. The van der Waals surface area contributed by atoms with Gasteiger partial charge in [-0.15, -0.1) is 0 Å². The van der Waals surface area contributed by atoms with Crippen molar-refractivity contribution in [2.45, 2.75) is 31.8 Å². The first kappa shape index (κ1) is 13.7. The van der Waals surface area contributed by atoms with Crippen molar-refractivity contribution >= 4 is 11.7 Å². The number of piperidine rings is 1. The third-order valence-electron chi connectivity index (χ3n) is 3.31. The minimum Gasteiger partial charge on any atom is -0.495 e. The first-order valence-corrected chi connectivity index (χ1v) is 6.63. The number of benzene rings is 1. The fraction of sp³-hybridized carbons (Fsp3) is 0.500. The van der Waals surface area contributed by atoms with Crippen molar-refractivity contribution in [2.75, 3.05) is 19.0 Å². The van der Waals surface area contributed by atoms with Crippen molar-refractivity contribution in [3.63, 3.8) is 0 Å². The maximum absolute atomic E-state index is 12.0. The summed E-state index contributed by atoms with van der Waals surface area (Å²) in [5.41, 5.74) is 0.685. The monoisotopic (exact) mass is 263 g/mol. The van der Waals surface area contributed by atoms with Gasteiger partial charge in [-0.05, 0) is 38.4 Å². The summed E-state index contributed by atoms with van der Waals surface area (Å²) in [5, 5.41) is 9.19. The highest BCUT2D eigenvalue weighted by atomic mass is 16.5. The minimum absolute atomic E-state index is 0.177. The molecule has 0 radical (unpaired) electrons. The molecule has 0 aromatic heterocycles. The number of hydrogen-bond donors (Lipinski definition) is 3. The van der Waals surface area contributed by atoms with Crippen LogP contribution < -0.4 is 20.7 Å². The third kappa shape index (κ3) is 3.86. The quantitative estimate of drug-likeness (QED) is 0.781. The summed E-state index contributed by atoms with van der Waals surface area (Å²) < 4.78 is 5.20. The zero-order chi connectivity index (χ0) is 13.7. The molecule has 0 bridgehead atoms. The Labute approximate surface area is 113 Å². The lowest BCUT2D eigenvalue weighted by molar-refractivity contribution is 0.242. The molecular formula is C14H21N3O2. The van der Waals surface area contributed by atoms with Crippen LogP contribution >= 0.6 is 0 Å². The molecule has 0 saturated carbocycles. The van der Waals surface area contributed by atoms with Gasteiger partial charge in [-0.25, -0.2) is 4.79 Å². The van der Waals surface area contributed by atoms with E-state index in [4.69, 9.17) is 4.74 Å². The predicted molar refractivity (Wildman–Crippen MR) is 75.6 cm³/mol. The Morgan fingerprint density at radius 2 is 2.21 bits per heavy atom. The minimum atomic E-state index is -0.177. The third-order valence-corrected chi connectivity index (χ3v) is 3.31. The first-order valence-electron chi connectivity index (χ1n) is 6.63. The molecule has 0 aliphatic carbocycles. The average Bonchev–Trinajstić information content (AvgIpc) is 2.39. The van der Waals surface area contributed by atoms with Crippen LogP contribution in [0.4, 0.5) is 10.5 Å². The van der Waals surface area contributed by atoms with Gasteiger partial charge in [-0.2, -0.15) is 0 Å². The number of ether oxygens (including phenoxy) is 1. The van der Waals surface area contributed by atoms with Crippen LogP contribution in [0.3, 0.4) is 0 Å². The predicted octanol–water partition coefficient (Wildman–Crippen LogP) is 1.96. The van der Waals surface area contributed by atoms with E-state index in [9.17, 15) is 4.79 Å². The molecule has 1 aliphatic heterocycles. The van der Waals surface area contributed by atoms with Gasteiger partial charge in [0.2, 0.25) is 0 Å². The van der Waals surface area contributed by atoms with Gasteiger partial charge in [-0.3, -0.25) is 0 Å². The number of carbonyl (C=O) groups is 1. The van der Waals surface area contributed by atoms with Crippen LogP contribution in [0.15, 0.2) is 24.3 Å². The number of anilines is 1. The van der Waals surface area contributed by atoms with Gasteiger partial charge in [0.25, 0.3) is 0 Å². The van der Waals surface area contributed by atoms with E-state index in [1.807, 2.05) is 24.3 Å². The van der Waals surface area contributed by atoms with E-state index in [1.54, 1.807) is 7.11 Å². The molecule has 1 aromatic rings. The molecule has 1 aromatic carbocycles. The lowest BCUT2D eigenvalue weighted by Crippen LogP contribution is -2.47. The normalized spacial score (nSPS) is 22.6. The molecule has 2 unspecified atom stereocenters. The van der Waals surface area contributed by atoms with Crippen molar-refractivity contribution in [1.82, 2.24) is 10.6 Å². The maximum Gasteiger partial charge on any atom is 0.319 e. The summed E-state index contributed by atoms with van der Waals surface area (Å²) in [6.45, 7) is 3.08. The molecule has 1 saturated heterocycles. The summed E-state index contributed by atoms with van der Waals surface area (Å²) >= 11 is 0. The molecule has 5 heteroatoms. The zero-order valence-electron chi connectivity index (χ0n) is 11.4. The summed E-state index contributed by atoms with van der Waals surface area (Å²) in [6, 6.07) is 7.88. The van der Waals surface area contributed by atoms with Gasteiger partial charge in [0, 0.05) is 12.1 Å². The van der Waals surface area contributed by atoms with E-state index in [-0.39, 0.29) is 12.1 Å². The molecule has 2 amide bonds. The molecule has 2 atom stereocenters. The van der Waals surface area contributed by atoms with Crippen molar-refractivity contribution in [2.24, 2.45) is 0 Å². The van der Waals surface area contributed by atoms with Crippen molar-refractivity contribution in [1.29, 1.82) is 0 Å². The molecule has 1 aliphatic rings. The Bertz CT molecular complexity index is 436. The van der Waals surface area contributed by atoms with E-state index in [0.29, 0.717) is 17.5 Å². The van der Waals surface area contributed by atoms with Gasteiger partial charge >= 0.3 is 6.03 Å². The number of amides is 2. The number of nitrogens with one attached hydrogen (secondary N) is 3. The number of rotatable bonds is 3. The molecule has 3 N–H and O–H groups in total. The first-order chi connectivity index (χ1) is 9.19. The second-order valence-corrected chi connectivity index (χ2v) is 4.88. The van der Waals surface area contributed by atoms with E-state index in [2.05, 4.69) is 22.9 Å². The highest BCUT2D eigenvalue weighted by molar-refractivity contribution is 5.91. The van der Waals surface area contributed by atoms with Gasteiger partial charge in [0.15, 0.2) is 0 Å². The second kappa shape index (κ2) is 6.43. The molecule has 0 spiro atoms. The van der Waals surface area contributed by atoms with Crippen LogP contribution in [-0.2, 0) is 0 Å². The summed E-state index contributed by atoms with van der Waals surface area (Å²) in [6.07, 6.45) is 1.92. The highest BCUT2D eigenvalue weighted by Gasteiger charge is 2.20. The largest absolute Gasteiger partial charge is 0.495 e. The van der Waals surface area contributed by atoms with Crippen molar-refractivity contribution in [3.05, 3.63) is 24.3 Å². The fourth-order valence-corrected chi connectivity index (χ4v) is 2.35. The molecule has 104 valence electrons. The lowest BCUT2D eigenvalue weighted by Gasteiger charge is -2.28. The standard InChI is InChI=1S/C14H21N3O2/c1-10-9-11(7-8-15-10)16-14(18)17-12-5-3-4-6-13(12)19-2/h3-6,10-11,15H,7-9H2,1-2H3,(H2,16,17,18). The number of urea groups is 1. The topological polar surface area (TPSA) is 62.4 Å². The number of carbonyl (C=O) groups excluding carboxylic acids is 1. The lowest BCUT2D eigenvalue weighted by atomic mass is 10.0. The van der Waals surface area contributed by atoms with Crippen molar-refractivity contribution < 1.29 is 9.53 Å². The molecule has 5 nitrogen and oxygen atoms in total. The number of para-hydroxylation sites is 2. The average molecular weight is 263 g/mol. The molecule has 1 fully saturated rings. The van der Waals surface area contributed by atoms with E-state index >= 15 is 0 Å². The summed E-state index contributed by atoms with van der Waals surface area (Å²) in [5.74, 6) is 0.663. The SMILES string of the molecule is COc1ccccc1NC(=O)NC1CCNC(C)C1. The van der Waals surface area contributed by atoms with Crippen LogP contribution in [0.1, 0.15) is 19.8 Å². The van der Waals surface area contributed by atoms with Crippen LogP contribution in [0.25, 0.3) is 0 Å². The Balaban J connectivity index is 1.90. The van der Waals surface area contributed by atoms with Crippen LogP contribution in [0.2, 0.25) is 0 Å². The molecule has 2 rings (SSSR count). The molecule has 19 heavy (non-hydrogen) atoms. The van der Waals surface area contributed by atoms with Gasteiger partial charge in [0.1, 0.15) is 5.75 Å². The summed E-state index contributed by atoms with van der Waals surface area (Å²) in [7, 11) is 1.59. The summed E-state index contributed by atoms with van der Waals surface area (Å²) in [4.78, 5) is 12.0. The van der Waals surface area contributed by atoms with Gasteiger partial charge in [0.05, 0.1) is 12.8 Å². The Hall–Kier alpha value is -1.75. The maximum atomic E-state index is 12.0.